The van der Waals surface area contributed by atoms with Crippen molar-refractivity contribution in [2.45, 2.75) is 48.2 Å². The Morgan fingerprint density at radius 3 is 2.36 bits per heavy atom. The van der Waals surface area contributed by atoms with E-state index in [-0.39, 0.29) is 12.8 Å². The first-order chi connectivity index (χ1) is 10.5. The molecular formula is C16H19NO4S. The van der Waals surface area contributed by atoms with E-state index in [0.29, 0.717) is 31.6 Å². The smallest absolute Gasteiger partial charge is 0.156 e. The Balaban J connectivity index is 1.76. The molecule has 118 valence electrons. The number of aliphatic hydroxyl groups is 1. The summed E-state index contributed by atoms with van der Waals surface area (Å²) in [7, 11) is -3.05. The molecule has 22 heavy (non-hydrogen) atoms. The first-order valence-corrected chi connectivity index (χ1v) is 9.12. The average molecular weight is 321 g/mol. The summed E-state index contributed by atoms with van der Waals surface area (Å²) >= 11 is 0. The quantitative estimate of drug-likeness (QED) is 0.856. The molecule has 3 rings (SSSR count). The molecule has 0 aliphatic carbocycles. The zero-order valence-corrected chi connectivity index (χ0v) is 13.1. The summed E-state index contributed by atoms with van der Waals surface area (Å²) in [4.78, 5) is 0. The third-order valence-corrected chi connectivity index (χ3v) is 7.41. The zero-order chi connectivity index (χ0) is 15.8. The van der Waals surface area contributed by atoms with E-state index in [1.54, 1.807) is 24.3 Å². The molecule has 0 saturated carbocycles. The maximum atomic E-state index is 12.1. The van der Waals surface area contributed by atoms with Crippen LogP contribution in [0.25, 0.3) is 0 Å². The van der Waals surface area contributed by atoms with Crippen molar-refractivity contribution in [3.05, 3.63) is 29.8 Å². The van der Waals surface area contributed by atoms with Gasteiger partial charge in [0.1, 0.15) is 12.4 Å². The summed E-state index contributed by atoms with van der Waals surface area (Å²) in [5.74, 6) is 0.647. The summed E-state index contributed by atoms with van der Waals surface area (Å²) in [5.41, 5.74) is -0.325. The molecule has 2 fully saturated rings. The lowest BCUT2D eigenvalue weighted by Crippen LogP contribution is -2.43. The molecule has 2 aliphatic rings. The molecule has 2 saturated heterocycles. The van der Waals surface area contributed by atoms with Gasteiger partial charge in [-0.25, -0.2) is 8.42 Å². The van der Waals surface area contributed by atoms with Crippen molar-refractivity contribution in [2.75, 3.05) is 6.61 Å². The van der Waals surface area contributed by atoms with Gasteiger partial charge in [-0.05, 0) is 43.4 Å². The van der Waals surface area contributed by atoms with Crippen molar-refractivity contribution < 1.29 is 18.3 Å². The molecule has 1 aromatic rings. The lowest BCUT2D eigenvalue weighted by Gasteiger charge is -2.36. The molecule has 2 bridgehead atoms. The summed E-state index contributed by atoms with van der Waals surface area (Å²) in [6.45, 7) is 0.336. The number of hydrogen-bond acceptors (Lipinski definition) is 5. The predicted molar refractivity (Wildman–Crippen MR) is 81.0 cm³/mol. The van der Waals surface area contributed by atoms with E-state index in [1.807, 2.05) is 6.07 Å². The molecule has 0 aromatic heterocycles. The SMILES string of the molecule is N#CCCOc1ccc(C2(O)CC3CCC(C2)S3(=O)=O)cc1. The minimum atomic E-state index is -3.05. The summed E-state index contributed by atoms with van der Waals surface area (Å²) in [6, 6.07) is 9.11. The highest BCUT2D eigenvalue weighted by molar-refractivity contribution is 7.93. The van der Waals surface area contributed by atoms with Crippen LogP contribution in [-0.2, 0) is 15.4 Å². The van der Waals surface area contributed by atoms with Gasteiger partial charge in [0.15, 0.2) is 9.84 Å². The van der Waals surface area contributed by atoms with Gasteiger partial charge in [-0.3, -0.25) is 0 Å². The maximum Gasteiger partial charge on any atom is 0.156 e. The van der Waals surface area contributed by atoms with Gasteiger partial charge in [0.25, 0.3) is 0 Å². The normalized spacial score (nSPS) is 32.4. The van der Waals surface area contributed by atoms with Crippen LogP contribution in [-0.4, -0.2) is 30.6 Å². The molecule has 2 heterocycles. The zero-order valence-electron chi connectivity index (χ0n) is 12.2. The first-order valence-electron chi connectivity index (χ1n) is 7.51. The number of ether oxygens (including phenoxy) is 1. The number of nitrogens with zero attached hydrogens (tertiary/aromatic N) is 1. The molecule has 2 unspecified atom stereocenters. The van der Waals surface area contributed by atoms with Crippen molar-refractivity contribution in [1.29, 1.82) is 5.26 Å². The molecule has 2 aliphatic heterocycles. The minimum absolute atomic E-state index is 0.278. The maximum absolute atomic E-state index is 12.1. The topological polar surface area (TPSA) is 87.4 Å². The van der Waals surface area contributed by atoms with Crippen molar-refractivity contribution in [1.82, 2.24) is 0 Å². The Labute approximate surface area is 130 Å². The Kier molecular flexibility index (Phi) is 3.87. The Morgan fingerprint density at radius 2 is 1.82 bits per heavy atom. The fourth-order valence-corrected chi connectivity index (χ4v) is 6.05. The van der Waals surface area contributed by atoms with Crippen LogP contribution >= 0.6 is 0 Å². The highest BCUT2D eigenvalue weighted by Crippen LogP contribution is 2.47. The number of sulfone groups is 1. The van der Waals surface area contributed by atoms with Gasteiger partial charge in [0, 0.05) is 0 Å². The van der Waals surface area contributed by atoms with Crippen LogP contribution in [0.3, 0.4) is 0 Å². The van der Waals surface area contributed by atoms with Gasteiger partial charge < -0.3 is 9.84 Å². The lowest BCUT2D eigenvalue weighted by molar-refractivity contribution is 0.0173. The van der Waals surface area contributed by atoms with E-state index < -0.39 is 25.9 Å². The van der Waals surface area contributed by atoms with Crippen LogP contribution in [0.5, 0.6) is 5.75 Å². The lowest BCUT2D eigenvalue weighted by atomic mass is 9.86. The fourth-order valence-electron chi connectivity index (χ4n) is 3.56. The van der Waals surface area contributed by atoms with Crippen molar-refractivity contribution in [3.63, 3.8) is 0 Å². The summed E-state index contributed by atoms with van der Waals surface area (Å²) in [5, 5.41) is 18.6. The van der Waals surface area contributed by atoms with Crippen LogP contribution in [0.4, 0.5) is 0 Å². The third-order valence-electron chi connectivity index (χ3n) is 4.74. The highest BCUT2D eigenvalue weighted by atomic mass is 32.2. The van der Waals surface area contributed by atoms with E-state index in [4.69, 9.17) is 10.00 Å². The molecule has 5 nitrogen and oxygen atoms in total. The molecule has 0 amide bonds. The van der Waals surface area contributed by atoms with Crippen LogP contribution in [0, 0.1) is 11.3 Å². The van der Waals surface area contributed by atoms with Gasteiger partial charge >= 0.3 is 0 Å². The van der Waals surface area contributed by atoms with Crippen molar-refractivity contribution >= 4 is 9.84 Å². The minimum Gasteiger partial charge on any atom is -0.493 e. The standard InChI is InChI=1S/C16H19NO4S/c17-8-1-9-21-13-4-2-12(3-5-13)16(18)10-14-6-7-15(11-16)22(14,19)20/h2-5,14-15,18H,1,6-7,9-11H2. The van der Waals surface area contributed by atoms with Gasteiger partial charge in [-0.15, -0.1) is 0 Å². The number of fused-ring (bicyclic) bond motifs is 2. The Bertz CT molecular complexity index is 670. The van der Waals surface area contributed by atoms with Crippen LogP contribution in [0.1, 0.15) is 37.7 Å². The highest BCUT2D eigenvalue weighted by Gasteiger charge is 2.53. The third kappa shape index (κ3) is 2.59. The van der Waals surface area contributed by atoms with Gasteiger partial charge in [0.2, 0.25) is 0 Å². The molecule has 6 heteroatoms. The summed E-state index contributed by atoms with van der Waals surface area (Å²) in [6.07, 6.45) is 2.20. The molecule has 1 N–H and O–H groups in total. The van der Waals surface area contributed by atoms with Crippen LogP contribution < -0.4 is 4.74 Å². The Hall–Kier alpha value is -1.58. The first kappa shape index (κ1) is 15.3. The monoisotopic (exact) mass is 321 g/mol. The number of nitriles is 1. The van der Waals surface area contributed by atoms with E-state index in [0.717, 1.165) is 5.56 Å². The molecule has 1 aromatic carbocycles. The Morgan fingerprint density at radius 1 is 1.23 bits per heavy atom. The second kappa shape index (κ2) is 5.56. The predicted octanol–water partition coefficient (Wildman–Crippen LogP) is 1.91. The van der Waals surface area contributed by atoms with Crippen molar-refractivity contribution in [3.8, 4) is 11.8 Å². The van der Waals surface area contributed by atoms with Gasteiger partial charge in [0.05, 0.1) is 28.6 Å². The fraction of sp³-hybridized carbons (Fsp3) is 0.562. The second-order valence-electron chi connectivity index (χ2n) is 6.13. The van der Waals surface area contributed by atoms with E-state index >= 15 is 0 Å². The number of hydrogen-bond donors (Lipinski definition) is 1. The molecular weight excluding hydrogens is 302 g/mol. The van der Waals surface area contributed by atoms with Gasteiger partial charge in [-0.2, -0.15) is 5.26 Å². The van der Waals surface area contributed by atoms with E-state index in [9.17, 15) is 13.5 Å². The molecule has 0 spiro atoms. The van der Waals surface area contributed by atoms with E-state index in [2.05, 4.69) is 0 Å². The summed E-state index contributed by atoms with van der Waals surface area (Å²) < 4.78 is 29.7. The van der Waals surface area contributed by atoms with Crippen molar-refractivity contribution in [2.24, 2.45) is 0 Å². The number of rotatable bonds is 4. The molecule has 0 radical (unpaired) electrons. The van der Waals surface area contributed by atoms with E-state index in [1.165, 1.54) is 0 Å². The second-order valence-corrected chi connectivity index (χ2v) is 8.64. The molecule has 2 atom stereocenters. The number of benzene rings is 1. The largest absolute Gasteiger partial charge is 0.493 e. The van der Waals surface area contributed by atoms with Crippen LogP contribution in [0.2, 0.25) is 0 Å². The average Bonchev–Trinajstić information content (AvgIpc) is 2.66. The van der Waals surface area contributed by atoms with Gasteiger partial charge in [-0.1, -0.05) is 12.1 Å². The van der Waals surface area contributed by atoms with Crippen LogP contribution in [0.15, 0.2) is 24.3 Å².